The molecule has 4 heteroatoms. The van der Waals surface area contributed by atoms with Crippen LogP contribution in [0.15, 0.2) is 49.1 Å². The van der Waals surface area contributed by atoms with Crippen molar-refractivity contribution in [3.05, 3.63) is 60.2 Å². The van der Waals surface area contributed by atoms with E-state index < -0.39 is 0 Å². The molecule has 98 valence electrons. The first kappa shape index (κ1) is 12.4. The maximum atomic E-state index is 4.32. The van der Waals surface area contributed by atoms with E-state index in [1.807, 2.05) is 62.9 Å². The Balaban J connectivity index is 1.91. The Kier molecular flexibility index (Phi) is 3.21. The Labute approximate surface area is 117 Å². The Morgan fingerprint density at radius 2 is 0.850 bits per heavy atom. The summed E-state index contributed by atoms with van der Waals surface area (Å²) >= 11 is 0. The van der Waals surface area contributed by atoms with E-state index in [0.717, 1.165) is 33.9 Å². The molecule has 3 aromatic rings. The lowest BCUT2D eigenvalue weighted by Gasteiger charge is -2.03. The average molecular weight is 262 g/mol. The molecule has 0 radical (unpaired) electrons. The summed E-state index contributed by atoms with van der Waals surface area (Å²) in [6.07, 6.45) is 7.28. The van der Waals surface area contributed by atoms with E-state index in [1.165, 1.54) is 0 Å². The number of benzene rings is 1. The SMILES string of the molecule is Cc1cnc(-c2ccc(-c3ncc(C)cn3)cc2)nc1. The third kappa shape index (κ3) is 2.54. The van der Waals surface area contributed by atoms with Crippen LogP contribution in [0.1, 0.15) is 11.1 Å². The van der Waals surface area contributed by atoms with Gasteiger partial charge in [0.05, 0.1) is 0 Å². The van der Waals surface area contributed by atoms with E-state index in [0.29, 0.717) is 0 Å². The van der Waals surface area contributed by atoms with Crippen LogP contribution < -0.4 is 0 Å². The second-order valence-corrected chi connectivity index (χ2v) is 4.75. The van der Waals surface area contributed by atoms with Crippen molar-refractivity contribution < 1.29 is 0 Å². The maximum absolute atomic E-state index is 4.32. The second kappa shape index (κ2) is 5.17. The number of aryl methyl sites for hydroxylation is 2. The number of hydrogen-bond donors (Lipinski definition) is 0. The molecule has 0 aliphatic heterocycles. The normalized spacial score (nSPS) is 10.5. The summed E-state index contributed by atoms with van der Waals surface area (Å²) in [4.78, 5) is 17.3. The highest BCUT2D eigenvalue weighted by atomic mass is 14.9. The van der Waals surface area contributed by atoms with E-state index in [4.69, 9.17) is 0 Å². The molecule has 0 amide bonds. The van der Waals surface area contributed by atoms with Crippen molar-refractivity contribution in [2.45, 2.75) is 13.8 Å². The smallest absolute Gasteiger partial charge is 0.159 e. The van der Waals surface area contributed by atoms with Crippen molar-refractivity contribution in [3.8, 4) is 22.8 Å². The molecule has 0 saturated carbocycles. The number of hydrogen-bond acceptors (Lipinski definition) is 4. The summed E-state index contributed by atoms with van der Waals surface area (Å²) in [7, 11) is 0. The first-order valence-corrected chi connectivity index (χ1v) is 6.40. The number of nitrogens with zero attached hydrogens (tertiary/aromatic N) is 4. The minimum absolute atomic E-state index is 0.729. The van der Waals surface area contributed by atoms with Crippen LogP contribution in [0.25, 0.3) is 22.8 Å². The fourth-order valence-electron chi connectivity index (χ4n) is 1.85. The molecule has 0 spiro atoms. The highest BCUT2D eigenvalue weighted by Gasteiger charge is 2.03. The molecule has 0 aliphatic carbocycles. The van der Waals surface area contributed by atoms with Gasteiger partial charge in [-0.05, 0) is 25.0 Å². The zero-order valence-electron chi connectivity index (χ0n) is 11.4. The topological polar surface area (TPSA) is 51.6 Å². The lowest BCUT2D eigenvalue weighted by Crippen LogP contribution is -1.91. The van der Waals surface area contributed by atoms with Crippen molar-refractivity contribution in [3.63, 3.8) is 0 Å². The zero-order valence-corrected chi connectivity index (χ0v) is 11.4. The molecule has 0 bridgehead atoms. The summed E-state index contributed by atoms with van der Waals surface area (Å²) in [5.74, 6) is 1.46. The Bertz CT molecular complexity index is 636. The van der Waals surface area contributed by atoms with Crippen LogP contribution in [-0.4, -0.2) is 19.9 Å². The Morgan fingerprint density at radius 3 is 1.15 bits per heavy atom. The van der Waals surface area contributed by atoms with Gasteiger partial charge < -0.3 is 0 Å². The van der Waals surface area contributed by atoms with Crippen LogP contribution in [0.4, 0.5) is 0 Å². The van der Waals surface area contributed by atoms with E-state index in [2.05, 4.69) is 19.9 Å². The largest absolute Gasteiger partial charge is 0.236 e. The molecular weight excluding hydrogens is 248 g/mol. The van der Waals surface area contributed by atoms with E-state index in [9.17, 15) is 0 Å². The molecule has 0 saturated heterocycles. The third-order valence-corrected chi connectivity index (χ3v) is 2.96. The molecule has 3 rings (SSSR count). The van der Waals surface area contributed by atoms with Gasteiger partial charge in [0.25, 0.3) is 0 Å². The van der Waals surface area contributed by atoms with Gasteiger partial charge >= 0.3 is 0 Å². The number of aromatic nitrogens is 4. The molecule has 0 aliphatic rings. The fourth-order valence-corrected chi connectivity index (χ4v) is 1.85. The standard InChI is InChI=1S/C16H14N4/c1-11-7-17-15(18-8-11)13-3-5-14(6-4-13)16-19-9-12(2)10-20-16/h3-10H,1-2H3. The van der Waals surface area contributed by atoms with Gasteiger partial charge in [0.15, 0.2) is 11.6 Å². The first-order valence-electron chi connectivity index (χ1n) is 6.40. The summed E-state index contributed by atoms with van der Waals surface area (Å²) in [5, 5.41) is 0. The summed E-state index contributed by atoms with van der Waals surface area (Å²) in [6, 6.07) is 7.96. The predicted molar refractivity (Wildman–Crippen MR) is 78.0 cm³/mol. The lowest BCUT2D eigenvalue weighted by molar-refractivity contribution is 1.13. The molecule has 4 nitrogen and oxygen atoms in total. The van der Waals surface area contributed by atoms with Gasteiger partial charge in [-0.15, -0.1) is 0 Å². The average Bonchev–Trinajstić information content (AvgIpc) is 2.49. The van der Waals surface area contributed by atoms with E-state index in [-0.39, 0.29) is 0 Å². The van der Waals surface area contributed by atoms with Crippen LogP contribution in [0.5, 0.6) is 0 Å². The van der Waals surface area contributed by atoms with E-state index >= 15 is 0 Å². The molecule has 20 heavy (non-hydrogen) atoms. The third-order valence-electron chi connectivity index (χ3n) is 2.96. The van der Waals surface area contributed by atoms with Gasteiger partial charge in [-0.2, -0.15) is 0 Å². The van der Waals surface area contributed by atoms with Crippen LogP contribution >= 0.6 is 0 Å². The molecule has 0 unspecified atom stereocenters. The zero-order chi connectivity index (χ0) is 13.9. The molecule has 2 heterocycles. The van der Waals surface area contributed by atoms with Crippen molar-refractivity contribution >= 4 is 0 Å². The first-order chi connectivity index (χ1) is 9.72. The molecule has 0 N–H and O–H groups in total. The summed E-state index contributed by atoms with van der Waals surface area (Å²) in [6.45, 7) is 3.95. The predicted octanol–water partition coefficient (Wildman–Crippen LogP) is 3.22. The fraction of sp³-hybridized carbons (Fsp3) is 0.125. The van der Waals surface area contributed by atoms with Gasteiger partial charge in [-0.3, -0.25) is 0 Å². The Morgan fingerprint density at radius 1 is 0.550 bits per heavy atom. The van der Waals surface area contributed by atoms with Crippen LogP contribution in [0.2, 0.25) is 0 Å². The van der Waals surface area contributed by atoms with Gasteiger partial charge in [0.2, 0.25) is 0 Å². The monoisotopic (exact) mass is 262 g/mol. The van der Waals surface area contributed by atoms with Gasteiger partial charge in [0, 0.05) is 35.9 Å². The van der Waals surface area contributed by atoms with Crippen molar-refractivity contribution in [1.29, 1.82) is 0 Å². The summed E-state index contributed by atoms with van der Waals surface area (Å²) < 4.78 is 0. The minimum Gasteiger partial charge on any atom is -0.236 e. The molecule has 0 fully saturated rings. The highest BCUT2D eigenvalue weighted by Crippen LogP contribution is 2.20. The van der Waals surface area contributed by atoms with Crippen molar-refractivity contribution in [2.24, 2.45) is 0 Å². The highest BCUT2D eigenvalue weighted by molar-refractivity contribution is 5.62. The van der Waals surface area contributed by atoms with Gasteiger partial charge in [-0.25, -0.2) is 19.9 Å². The van der Waals surface area contributed by atoms with Crippen LogP contribution in [0, 0.1) is 13.8 Å². The van der Waals surface area contributed by atoms with Gasteiger partial charge in [-0.1, -0.05) is 24.3 Å². The van der Waals surface area contributed by atoms with Crippen LogP contribution in [0.3, 0.4) is 0 Å². The second-order valence-electron chi connectivity index (χ2n) is 4.75. The van der Waals surface area contributed by atoms with Crippen molar-refractivity contribution in [2.75, 3.05) is 0 Å². The van der Waals surface area contributed by atoms with Gasteiger partial charge in [0.1, 0.15) is 0 Å². The molecule has 1 aromatic carbocycles. The molecular formula is C16H14N4. The molecule has 0 atom stereocenters. The Hall–Kier alpha value is -2.62. The minimum atomic E-state index is 0.729. The maximum Gasteiger partial charge on any atom is 0.159 e. The molecule has 2 aromatic heterocycles. The summed E-state index contributed by atoms with van der Waals surface area (Å²) in [5.41, 5.74) is 4.08. The quantitative estimate of drug-likeness (QED) is 0.711. The van der Waals surface area contributed by atoms with Crippen LogP contribution in [-0.2, 0) is 0 Å². The lowest BCUT2D eigenvalue weighted by atomic mass is 10.1. The van der Waals surface area contributed by atoms with E-state index in [1.54, 1.807) is 0 Å². The van der Waals surface area contributed by atoms with Crippen molar-refractivity contribution in [1.82, 2.24) is 19.9 Å². The number of rotatable bonds is 2.